The lowest BCUT2D eigenvalue weighted by molar-refractivity contribution is -0.0357. The Labute approximate surface area is 136 Å². The normalized spacial score (nSPS) is 29.4. The number of fused-ring (bicyclic) bond motifs is 1. The maximum absolute atomic E-state index is 13.9. The Morgan fingerprint density at radius 3 is 2.27 bits per heavy atom. The molecule has 0 N–H and O–H groups in total. The molecule has 1 fully saturated rings. The standard InChI is InChI=1S/C16H17BrF4S/c17-22(16(19,20)21)14(11-5-3-1-2-4-6-11)9-12-7-8-13(18)10-15(12)22/h7-11H,1-6H2. The van der Waals surface area contributed by atoms with Gasteiger partial charge in [0.05, 0.1) is 0 Å². The molecule has 2 aliphatic rings. The summed E-state index contributed by atoms with van der Waals surface area (Å²) in [6, 6.07) is 3.74. The average molecular weight is 397 g/mol. The molecule has 0 saturated heterocycles. The zero-order valence-electron chi connectivity index (χ0n) is 11.9. The van der Waals surface area contributed by atoms with Crippen molar-refractivity contribution in [3.8, 4) is 0 Å². The highest BCUT2D eigenvalue weighted by Gasteiger charge is 2.56. The molecule has 3 rings (SSSR count). The topological polar surface area (TPSA) is 0 Å². The van der Waals surface area contributed by atoms with Crippen LogP contribution < -0.4 is 0 Å². The first-order valence-electron chi connectivity index (χ1n) is 7.44. The molecule has 1 aromatic carbocycles. The largest absolute Gasteiger partial charge is 0.442 e. The second-order valence-corrected chi connectivity index (χ2v) is 11.3. The van der Waals surface area contributed by atoms with Gasteiger partial charge >= 0.3 is 5.51 Å². The van der Waals surface area contributed by atoms with Crippen LogP contribution in [0.15, 0.2) is 28.0 Å². The van der Waals surface area contributed by atoms with Crippen molar-refractivity contribution in [1.82, 2.24) is 0 Å². The predicted octanol–water partition coefficient (Wildman–Crippen LogP) is 7.14. The van der Waals surface area contributed by atoms with Gasteiger partial charge in [-0.05, 0) is 70.7 Å². The van der Waals surface area contributed by atoms with Crippen molar-refractivity contribution in [2.45, 2.75) is 48.9 Å². The third-order valence-corrected chi connectivity index (χ3v) is 10.4. The predicted molar refractivity (Wildman–Crippen MR) is 86.4 cm³/mol. The van der Waals surface area contributed by atoms with E-state index in [-0.39, 0.29) is 10.8 Å². The Balaban J connectivity index is 2.09. The second kappa shape index (κ2) is 5.86. The van der Waals surface area contributed by atoms with Crippen molar-refractivity contribution >= 4 is 29.4 Å². The van der Waals surface area contributed by atoms with E-state index in [2.05, 4.69) is 14.8 Å². The lowest BCUT2D eigenvalue weighted by atomic mass is 9.98. The van der Waals surface area contributed by atoms with Crippen LogP contribution in [0.4, 0.5) is 17.6 Å². The van der Waals surface area contributed by atoms with Crippen molar-refractivity contribution in [2.75, 3.05) is 0 Å². The summed E-state index contributed by atoms with van der Waals surface area (Å²) in [5.41, 5.74) is -3.91. The molecule has 1 saturated carbocycles. The fraction of sp³-hybridized carbons (Fsp3) is 0.500. The summed E-state index contributed by atoms with van der Waals surface area (Å²) in [5, 5.41) is 0. The lowest BCUT2D eigenvalue weighted by Gasteiger charge is -2.38. The quantitative estimate of drug-likeness (QED) is 0.349. The van der Waals surface area contributed by atoms with E-state index >= 15 is 0 Å². The molecule has 122 valence electrons. The summed E-state index contributed by atoms with van der Waals surface area (Å²) >= 11 is 3.05. The number of hydrogen-bond donors (Lipinski definition) is 0. The molecule has 6 heteroatoms. The van der Waals surface area contributed by atoms with Crippen LogP contribution >= 0.6 is 23.3 Å². The van der Waals surface area contributed by atoms with Gasteiger partial charge in [-0.2, -0.15) is 13.2 Å². The van der Waals surface area contributed by atoms with Crippen LogP contribution in [-0.2, 0) is 0 Å². The van der Waals surface area contributed by atoms with Crippen LogP contribution in [0, 0.1) is 11.7 Å². The monoisotopic (exact) mass is 396 g/mol. The zero-order chi connectivity index (χ0) is 16.0. The second-order valence-electron chi connectivity index (χ2n) is 5.90. The SMILES string of the molecule is Fc1ccc2c(c1)S(Br)(C(F)(F)F)C(C1CCCCCC1)=C2. The van der Waals surface area contributed by atoms with E-state index < -0.39 is 19.8 Å². The van der Waals surface area contributed by atoms with Crippen LogP contribution in [-0.4, -0.2) is 5.51 Å². The summed E-state index contributed by atoms with van der Waals surface area (Å²) in [6.45, 7) is 0. The van der Waals surface area contributed by atoms with Gasteiger partial charge in [0, 0.05) is 4.90 Å². The Kier molecular flexibility index (Phi) is 4.36. The van der Waals surface area contributed by atoms with Gasteiger partial charge in [-0.3, -0.25) is 0 Å². The summed E-state index contributed by atoms with van der Waals surface area (Å²) in [6.07, 6.45) is 7.34. The first-order valence-corrected chi connectivity index (χ1v) is 10.9. The molecule has 1 aliphatic heterocycles. The summed E-state index contributed by atoms with van der Waals surface area (Å²) in [5.74, 6) is -0.677. The van der Waals surface area contributed by atoms with Gasteiger partial charge in [-0.25, -0.2) is 4.39 Å². The summed E-state index contributed by atoms with van der Waals surface area (Å²) in [7, 11) is -3.32. The molecule has 1 unspecified atom stereocenters. The minimum atomic E-state index is -4.41. The van der Waals surface area contributed by atoms with Crippen molar-refractivity contribution in [3.63, 3.8) is 0 Å². The minimum Gasteiger partial charge on any atom is -0.207 e. The number of alkyl halides is 3. The molecule has 1 aliphatic carbocycles. The van der Waals surface area contributed by atoms with Crippen LogP contribution in [0.25, 0.3) is 6.08 Å². The summed E-state index contributed by atoms with van der Waals surface area (Å²) in [4.78, 5) is 0.502. The van der Waals surface area contributed by atoms with Crippen LogP contribution in [0.1, 0.15) is 44.1 Å². The first kappa shape index (κ1) is 16.4. The fourth-order valence-electron chi connectivity index (χ4n) is 3.40. The van der Waals surface area contributed by atoms with Crippen LogP contribution in [0.2, 0.25) is 0 Å². The third-order valence-electron chi connectivity index (χ3n) is 4.48. The van der Waals surface area contributed by atoms with E-state index in [0.29, 0.717) is 10.5 Å². The molecule has 0 nitrogen and oxygen atoms in total. The number of allylic oxidation sites excluding steroid dienone is 1. The molecule has 0 amide bonds. The molecule has 1 heterocycles. The number of halogens is 5. The van der Waals surface area contributed by atoms with E-state index in [1.165, 1.54) is 12.1 Å². The Bertz CT molecular complexity index is 603. The van der Waals surface area contributed by atoms with Crippen LogP contribution in [0.5, 0.6) is 0 Å². The van der Waals surface area contributed by atoms with Gasteiger partial charge in [0.15, 0.2) is 0 Å². The Morgan fingerprint density at radius 1 is 1.05 bits per heavy atom. The van der Waals surface area contributed by atoms with Gasteiger partial charge < -0.3 is 0 Å². The smallest absolute Gasteiger partial charge is 0.207 e. The van der Waals surface area contributed by atoms with E-state index in [1.54, 1.807) is 6.08 Å². The molecule has 0 aromatic heterocycles. The molecular formula is C16H17BrF4S. The fourth-order valence-corrected chi connectivity index (χ4v) is 7.80. The molecule has 0 bridgehead atoms. The van der Waals surface area contributed by atoms with Crippen molar-refractivity contribution < 1.29 is 17.6 Å². The molecule has 0 radical (unpaired) electrons. The summed E-state index contributed by atoms with van der Waals surface area (Å²) < 4.78 is 55.2. The van der Waals surface area contributed by atoms with E-state index in [9.17, 15) is 17.6 Å². The van der Waals surface area contributed by atoms with Gasteiger partial charge in [0.2, 0.25) is 0 Å². The van der Waals surface area contributed by atoms with Crippen molar-refractivity contribution in [3.05, 3.63) is 34.5 Å². The number of hydrogen-bond acceptors (Lipinski definition) is 0. The first-order chi connectivity index (χ1) is 10.3. The van der Waals surface area contributed by atoms with Gasteiger partial charge in [0.25, 0.3) is 0 Å². The Morgan fingerprint density at radius 2 is 1.68 bits per heavy atom. The number of rotatable bonds is 1. The third kappa shape index (κ3) is 2.62. The average Bonchev–Trinajstić information content (AvgIpc) is 2.64. The highest BCUT2D eigenvalue weighted by molar-refractivity contribution is 9.59. The highest BCUT2D eigenvalue weighted by atomic mass is 79.9. The molecular weight excluding hydrogens is 380 g/mol. The van der Waals surface area contributed by atoms with Gasteiger partial charge in [0.1, 0.15) is 5.82 Å². The zero-order valence-corrected chi connectivity index (χ0v) is 14.3. The molecule has 22 heavy (non-hydrogen) atoms. The van der Waals surface area contributed by atoms with E-state index in [4.69, 9.17) is 0 Å². The van der Waals surface area contributed by atoms with Crippen molar-refractivity contribution in [1.29, 1.82) is 0 Å². The van der Waals surface area contributed by atoms with Crippen LogP contribution in [0.3, 0.4) is 0 Å². The molecule has 1 aromatic rings. The molecule has 1 atom stereocenters. The highest BCUT2D eigenvalue weighted by Crippen LogP contribution is 2.82. The maximum Gasteiger partial charge on any atom is 0.442 e. The molecule has 0 spiro atoms. The van der Waals surface area contributed by atoms with E-state index in [0.717, 1.165) is 44.6 Å². The van der Waals surface area contributed by atoms with Gasteiger partial charge in [-0.1, -0.05) is 31.7 Å². The maximum atomic E-state index is 13.9. The number of benzene rings is 1. The Hall–Kier alpha value is -0.490. The van der Waals surface area contributed by atoms with Crippen molar-refractivity contribution in [2.24, 2.45) is 5.92 Å². The minimum absolute atomic E-state index is 0.0611. The van der Waals surface area contributed by atoms with Gasteiger partial charge in [-0.15, -0.1) is 0 Å². The van der Waals surface area contributed by atoms with E-state index in [1.807, 2.05) is 0 Å². The lowest BCUT2D eigenvalue weighted by Crippen LogP contribution is -2.19.